The molecular weight excluding hydrogens is 395 g/mol. The number of halogens is 1. The second-order valence-electron chi connectivity index (χ2n) is 7.68. The Bertz CT molecular complexity index is 1050. The van der Waals surface area contributed by atoms with Gasteiger partial charge in [0.25, 0.3) is 0 Å². The third kappa shape index (κ3) is 4.96. The van der Waals surface area contributed by atoms with Gasteiger partial charge in [-0.1, -0.05) is 0 Å². The maximum Gasteiger partial charge on any atom is 0.319 e. The molecule has 4 rings (SSSR count). The van der Waals surface area contributed by atoms with Gasteiger partial charge in [-0.15, -0.1) is 0 Å². The summed E-state index contributed by atoms with van der Waals surface area (Å²) < 4.78 is 13.0. The van der Waals surface area contributed by atoms with Crippen LogP contribution >= 0.6 is 0 Å². The third-order valence-corrected chi connectivity index (χ3v) is 5.53. The number of piperidine rings is 1. The van der Waals surface area contributed by atoms with Crippen molar-refractivity contribution in [3.63, 3.8) is 0 Å². The van der Waals surface area contributed by atoms with Crippen LogP contribution in [0, 0.1) is 19.7 Å². The van der Waals surface area contributed by atoms with Crippen LogP contribution in [0.1, 0.15) is 24.1 Å². The standard InChI is InChI=1S/C23H25FN6O/c1-15-16(2)26-21(17-7-11-25-12-8-17)29-22(15)30-13-9-20(10-14-30)28-23(31)27-19-5-3-18(24)4-6-19/h3-8,11-12,20H,9-10,13-14H2,1-2H3,(H2,27,28,31). The largest absolute Gasteiger partial charge is 0.356 e. The minimum absolute atomic E-state index is 0.0691. The Hall–Kier alpha value is -3.55. The summed E-state index contributed by atoms with van der Waals surface area (Å²) >= 11 is 0. The summed E-state index contributed by atoms with van der Waals surface area (Å²) in [5, 5.41) is 5.75. The molecule has 2 aromatic heterocycles. The lowest BCUT2D eigenvalue weighted by Crippen LogP contribution is -2.46. The van der Waals surface area contributed by atoms with Crippen LogP contribution in [0.3, 0.4) is 0 Å². The summed E-state index contributed by atoms with van der Waals surface area (Å²) in [6.45, 7) is 5.61. The predicted octanol–water partition coefficient (Wildman–Crippen LogP) is 4.09. The number of rotatable bonds is 4. The summed E-state index contributed by atoms with van der Waals surface area (Å²) in [5.74, 6) is 1.30. The van der Waals surface area contributed by atoms with Gasteiger partial charge in [-0.2, -0.15) is 0 Å². The van der Waals surface area contributed by atoms with Crippen molar-refractivity contribution < 1.29 is 9.18 Å². The fourth-order valence-corrected chi connectivity index (χ4v) is 3.67. The molecule has 0 saturated carbocycles. The summed E-state index contributed by atoms with van der Waals surface area (Å²) in [7, 11) is 0. The number of carbonyl (C=O) groups is 1. The van der Waals surface area contributed by atoms with Gasteiger partial charge in [0.2, 0.25) is 0 Å². The first-order valence-electron chi connectivity index (χ1n) is 10.3. The van der Waals surface area contributed by atoms with Gasteiger partial charge in [0.05, 0.1) is 0 Å². The van der Waals surface area contributed by atoms with E-state index in [1.807, 2.05) is 26.0 Å². The third-order valence-electron chi connectivity index (χ3n) is 5.53. The van der Waals surface area contributed by atoms with Crippen LogP contribution in [0.4, 0.5) is 20.7 Å². The molecule has 3 heterocycles. The average molecular weight is 420 g/mol. The topological polar surface area (TPSA) is 83.0 Å². The Morgan fingerprint density at radius 3 is 2.39 bits per heavy atom. The molecule has 8 heteroatoms. The number of pyridine rings is 1. The van der Waals surface area contributed by atoms with Gasteiger partial charge >= 0.3 is 6.03 Å². The van der Waals surface area contributed by atoms with E-state index in [0.29, 0.717) is 11.5 Å². The molecule has 31 heavy (non-hydrogen) atoms. The lowest BCUT2D eigenvalue weighted by Gasteiger charge is -2.34. The fraction of sp³-hybridized carbons (Fsp3) is 0.304. The molecule has 2 N–H and O–H groups in total. The van der Waals surface area contributed by atoms with Crippen LogP contribution in [0.5, 0.6) is 0 Å². The van der Waals surface area contributed by atoms with Crippen molar-refractivity contribution in [1.82, 2.24) is 20.3 Å². The van der Waals surface area contributed by atoms with Gasteiger partial charge in [0.15, 0.2) is 5.82 Å². The van der Waals surface area contributed by atoms with Crippen LogP contribution in [0.15, 0.2) is 48.8 Å². The van der Waals surface area contributed by atoms with Gasteiger partial charge < -0.3 is 15.5 Å². The second-order valence-corrected chi connectivity index (χ2v) is 7.68. The van der Waals surface area contributed by atoms with Crippen LogP contribution in [-0.2, 0) is 0 Å². The Kier molecular flexibility index (Phi) is 6.06. The lowest BCUT2D eigenvalue weighted by molar-refractivity contribution is 0.246. The first-order chi connectivity index (χ1) is 15.0. The van der Waals surface area contributed by atoms with Gasteiger partial charge in [0.1, 0.15) is 11.6 Å². The van der Waals surface area contributed by atoms with E-state index in [9.17, 15) is 9.18 Å². The van der Waals surface area contributed by atoms with Gasteiger partial charge in [-0.05, 0) is 63.1 Å². The molecule has 7 nitrogen and oxygen atoms in total. The number of aryl methyl sites for hydroxylation is 1. The van der Waals surface area contributed by atoms with E-state index in [4.69, 9.17) is 4.98 Å². The number of hydrogen-bond donors (Lipinski definition) is 2. The normalized spacial score (nSPS) is 14.4. The zero-order valence-corrected chi connectivity index (χ0v) is 17.6. The molecular formula is C23H25FN6O. The first-order valence-corrected chi connectivity index (χ1v) is 10.3. The van der Waals surface area contributed by atoms with Crippen molar-refractivity contribution in [3.8, 4) is 11.4 Å². The predicted molar refractivity (Wildman–Crippen MR) is 119 cm³/mol. The molecule has 0 bridgehead atoms. The van der Waals surface area contributed by atoms with Crippen molar-refractivity contribution in [1.29, 1.82) is 0 Å². The lowest BCUT2D eigenvalue weighted by atomic mass is 10.0. The molecule has 160 valence electrons. The van der Waals surface area contributed by atoms with Crippen LogP contribution in [0.25, 0.3) is 11.4 Å². The highest BCUT2D eigenvalue weighted by Crippen LogP contribution is 2.26. The van der Waals surface area contributed by atoms with E-state index in [-0.39, 0.29) is 17.9 Å². The van der Waals surface area contributed by atoms with Crippen molar-refractivity contribution in [2.24, 2.45) is 0 Å². The summed E-state index contributed by atoms with van der Waals surface area (Å²) in [5.41, 5.74) is 3.52. The zero-order valence-electron chi connectivity index (χ0n) is 17.6. The SMILES string of the molecule is Cc1nc(-c2ccncc2)nc(N2CCC(NC(=O)Nc3ccc(F)cc3)CC2)c1C. The summed E-state index contributed by atoms with van der Waals surface area (Å²) in [4.78, 5) is 28.1. The van der Waals surface area contributed by atoms with Crippen LogP contribution < -0.4 is 15.5 Å². The van der Waals surface area contributed by atoms with Gasteiger partial charge in [-0.25, -0.2) is 19.2 Å². The Morgan fingerprint density at radius 2 is 1.71 bits per heavy atom. The molecule has 0 atom stereocenters. The monoisotopic (exact) mass is 420 g/mol. The number of amides is 2. The van der Waals surface area contributed by atoms with E-state index in [2.05, 4.69) is 25.5 Å². The number of hydrogen-bond acceptors (Lipinski definition) is 5. The number of benzene rings is 1. The van der Waals surface area contributed by atoms with E-state index >= 15 is 0 Å². The minimum atomic E-state index is -0.333. The Morgan fingerprint density at radius 1 is 1.03 bits per heavy atom. The highest BCUT2D eigenvalue weighted by Gasteiger charge is 2.24. The van der Waals surface area contributed by atoms with Crippen molar-refractivity contribution >= 4 is 17.5 Å². The maximum absolute atomic E-state index is 13.0. The van der Waals surface area contributed by atoms with Crippen LogP contribution in [-0.4, -0.2) is 40.1 Å². The Labute approximate surface area is 180 Å². The number of nitrogens with one attached hydrogen (secondary N) is 2. The molecule has 1 aliphatic heterocycles. The zero-order chi connectivity index (χ0) is 21.8. The van der Waals surface area contributed by atoms with E-state index in [0.717, 1.165) is 48.6 Å². The molecule has 1 saturated heterocycles. The Balaban J connectivity index is 1.39. The molecule has 2 amide bonds. The quantitative estimate of drug-likeness (QED) is 0.664. The van der Waals surface area contributed by atoms with Crippen molar-refractivity contribution in [2.75, 3.05) is 23.3 Å². The fourth-order valence-electron chi connectivity index (χ4n) is 3.67. The molecule has 1 aliphatic rings. The molecule has 0 aliphatic carbocycles. The smallest absolute Gasteiger partial charge is 0.319 e. The van der Waals surface area contributed by atoms with E-state index < -0.39 is 0 Å². The highest BCUT2D eigenvalue weighted by atomic mass is 19.1. The number of anilines is 2. The average Bonchev–Trinajstić information content (AvgIpc) is 2.78. The van der Waals surface area contributed by atoms with Crippen molar-refractivity contribution in [2.45, 2.75) is 32.7 Å². The number of carbonyl (C=O) groups excluding carboxylic acids is 1. The summed E-state index contributed by atoms with van der Waals surface area (Å²) in [6, 6.07) is 9.32. The number of aromatic nitrogens is 3. The molecule has 1 aromatic carbocycles. The van der Waals surface area contributed by atoms with Crippen LogP contribution in [0.2, 0.25) is 0 Å². The molecule has 0 unspecified atom stereocenters. The molecule has 3 aromatic rings. The van der Waals surface area contributed by atoms with E-state index in [1.54, 1.807) is 12.4 Å². The van der Waals surface area contributed by atoms with Crippen molar-refractivity contribution in [3.05, 3.63) is 65.9 Å². The second kappa shape index (κ2) is 9.07. The number of nitrogens with zero attached hydrogens (tertiary/aromatic N) is 4. The maximum atomic E-state index is 13.0. The number of urea groups is 1. The molecule has 0 radical (unpaired) electrons. The molecule has 0 spiro atoms. The van der Waals surface area contributed by atoms with Gasteiger partial charge in [0, 0.05) is 54.0 Å². The highest BCUT2D eigenvalue weighted by molar-refractivity contribution is 5.89. The minimum Gasteiger partial charge on any atom is -0.356 e. The molecule has 1 fully saturated rings. The van der Waals surface area contributed by atoms with E-state index in [1.165, 1.54) is 24.3 Å². The summed E-state index contributed by atoms with van der Waals surface area (Å²) in [6.07, 6.45) is 5.09. The first kappa shape index (κ1) is 20.7. The van der Waals surface area contributed by atoms with Gasteiger partial charge in [-0.3, -0.25) is 4.98 Å².